The van der Waals surface area contributed by atoms with E-state index in [1.54, 1.807) is 6.08 Å². The van der Waals surface area contributed by atoms with Crippen LogP contribution in [-0.2, 0) is 4.74 Å². The van der Waals surface area contributed by atoms with Gasteiger partial charge >= 0.3 is 0 Å². The van der Waals surface area contributed by atoms with Crippen molar-refractivity contribution in [2.75, 3.05) is 0 Å². The Kier molecular flexibility index (Phi) is 0.935. The first-order valence-corrected chi connectivity index (χ1v) is 2.97. The topological polar surface area (TPSA) is 55.7 Å². The van der Waals surface area contributed by atoms with Crippen molar-refractivity contribution in [1.29, 1.82) is 0 Å². The normalized spacial score (nSPS) is 34.6. The van der Waals surface area contributed by atoms with E-state index in [4.69, 9.17) is 4.74 Å². The van der Waals surface area contributed by atoms with Crippen LogP contribution in [0.3, 0.4) is 0 Å². The second-order valence-corrected chi connectivity index (χ2v) is 2.27. The molecule has 0 aromatic carbocycles. The van der Waals surface area contributed by atoms with Crippen LogP contribution in [0, 0.1) is 10.1 Å². The van der Waals surface area contributed by atoms with Crippen LogP contribution in [0.4, 0.5) is 0 Å². The maximum Gasteiger partial charge on any atom is 0.267 e. The molecule has 0 aromatic rings. The van der Waals surface area contributed by atoms with E-state index in [0.717, 1.165) is 0 Å². The van der Waals surface area contributed by atoms with Gasteiger partial charge in [0.05, 0.1) is 4.92 Å². The molecule has 1 aliphatic heterocycles. The quantitative estimate of drug-likeness (QED) is 0.301. The van der Waals surface area contributed by atoms with E-state index in [1.807, 2.05) is 0 Å². The number of epoxide rings is 1. The van der Waals surface area contributed by atoms with E-state index in [-0.39, 0.29) is 17.9 Å². The van der Waals surface area contributed by atoms with Crippen LogP contribution in [0.5, 0.6) is 0 Å². The summed E-state index contributed by atoms with van der Waals surface area (Å²) in [7, 11) is 0. The minimum Gasteiger partial charge on any atom is -0.360 e. The van der Waals surface area contributed by atoms with Gasteiger partial charge in [0.1, 0.15) is 12.2 Å². The van der Waals surface area contributed by atoms with Crippen LogP contribution < -0.4 is 0 Å². The largest absolute Gasteiger partial charge is 0.360 e. The van der Waals surface area contributed by atoms with E-state index >= 15 is 0 Å². The summed E-state index contributed by atoms with van der Waals surface area (Å²) in [4.78, 5) is 9.74. The molecule has 2 rings (SSSR count). The number of allylic oxidation sites excluding steroid dienone is 1. The smallest absolute Gasteiger partial charge is 0.267 e. The summed E-state index contributed by atoms with van der Waals surface area (Å²) in [6.45, 7) is 0. The summed E-state index contributed by atoms with van der Waals surface area (Å²) in [6.07, 6.45) is 4.82. The van der Waals surface area contributed by atoms with Crippen LogP contribution in [-0.4, -0.2) is 17.1 Å². The van der Waals surface area contributed by atoms with Crippen molar-refractivity contribution < 1.29 is 9.66 Å². The molecule has 0 N–H and O–H groups in total. The highest BCUT2D eigenvalue weighted by Gasteiger charge is 2.39. The molecule has 0 radical (unpaired) electrons. The van der Waals surface area contributed by atoms with E-state index in [2.05, 4.69) is 0 Å². The number of fused-ring (bicyclic) bond motifs is 1. The lowest BCUT2D eigenvalue weighted by Crippen LogP contribution is -2.02. The van der Waals surface area contributed by atoms with Crippen LogP contribution in [0.1, 0.15) is 0 Å². The number of ether oxygens (including phenoxy) is 1. The molecule has 1 saturated heterocycles. The van der Waals surface area contributed by atoms with Crippen LogP contribution in [0.2, 0.25) is 0 Å². The molecular weight excluding hydrogens is 134 g/mol. The van der Waals surface area contributed by atoms with Crippen molar-refractivity contribution in [2.45, 2.75) is 12.2 Å². The predicted octanol–water partition coefficient (Wildman–Crippen LogP) is 0.484. The minimum atomic E-state index is -0.408. The first-order chi connectivity index (χ1) is 4.77. The van der Waals surface area contributed by atoms with Crippen molar-refractivity contribution >= 4 is 0 Å². The fraction of sp³-hybridized carbons (Fsp3) is 0.333. The lowest BCUT2D eigenvalue weighted by atomic mass is 10.2. The van der Waals surface area contributed by atoms with Crippen molar-refractivity contribution in [3.63, 3.8) is 0 Å². The van der Waals surface area contributed by atoms with Gasteiger partial charge in [-0.3, -0.25) is 10.1 Å². The maximum absolute atomic E-state index is 10.1. The molecule has 0 aromatic heterocycles. The summed E-state index contributed by atoms with van der Waals surface area (Å²) in [5.74, 6) is 0. The molecule has 2 unspecified atom stereocenters. The van der Waals surface area contributed by atoms with Crippen molar-refractivity contribution in [2.24, 2.45) is 0 Å². The Hall–Kier alpha value is -1.16. The summed E-state index contributed by atoms with van der Waals surface area (Å²) in [6, 6.07) is 0. The van der Waals surface area contributed by atoms with Crippen molar-refractivity contribution in [3.05, 3.63) is 34.0 Å². The highest BCUT2D eigenvalue weighted by atomic mass is 16.6. The Labute approximate surface area is 56.9 Å². The predicted molar refractivity (Wildman–Crippen MR) is 32.9 cm³/mol. The minimum absolute atomic E-state index is 0.0228. The summed E-state index contributed by atoms with van der Waals surface area (Å²) < 4.78 is 4.99. The molecule has 1 aliphatic carbocycles. The molecule has 0 saturated carbocycles. The maximum atomic E-state index is 10.1. The Bertz CT molecular complexity index is 243. The van der Waals surface area contributed by atoms with Gasteiger partial charge in [0.2, 0.25) is 0 Å². The highest BCUT2D eigenvalue weighted by Crippen LogP contribution is 2.29. The Morgan fingerprint density at radius 1 is 1.60 bits per heavy atom. The summed E-state index contributed by atoms with van der Waals surface area (Å²) >= 11 is 0. The van der Waals surface area contributed by atoms with Crippen LogP contribution in [0.25, 0.3) is 0 Å². The van der Waals surface area contributed by atoms with Crippen LogP contribution in [0.15, 0.2) is 23.9 Å². The number of nitrogens with zero attached hydrogens (tertiary/aromatic N) is 1. The Morgan fingerprint density at radius 3 is 3.00 bits per heavy atom. The molecule has 2 atom stereocenters. The molecule has 1 fully saturated rings. The second kappa shape index (κ2) is 1.67. The fourth-order valence-corrected chi connectivity index (χ4v) is 0.964. The number of hydrogen-bond acceptors (Lipinski definition) is 3. The molecule has 10 heavy (non-hydrogen) atoms. The second-order valence-electron chi connectivity index (χ2n) is 2.27. The monoisotopic (exact) mass is 139 g/mol. The Morgan fingerprint density at radius 2 is 2.40 bits per heavy atom. The van der Waals surface area contributed by atoms with Crippen molar-refractivity contribution in [1.82, 2.24) is 0 Å². The number of rotatable bonds is 1. The molecule has 4 nitrogen and oxygen atoms in total. The molecule has 4 heteroatoms. The zero-order chi connectivity index (χ0) is 7.14. The van der Waals surface area contributed by atoms with Crippen LogP contribution >= 0.6 is 0 Å². The first kappa shape index (κ1) is 5.61. The average molecular weight is 139 g/mol. The number of hydrogen-bond donors (Lipinski definition) is 0. The van der Waals surface area contributed by atoms with Crippen molar-refractivity contribution in [3.8, 4) is 0 Å². The van der Waals surface area contributed by atoms with E-state index in [1.165, 1.54) is 12.2 Å². The molecular formula is C6H5NO3. The molecule has 52 valence electrons. The SMILES string of the molecule is O=[N+]([O-])C1=CC2OC2C=C1. The molecule has 0 bridgehead atoms. The van der Waals surface area contributed by atoms with Gasteiger partial charge in [-0.1, -0.05) is 0 Å². The zero-order valence-electron chi connectivity index (χ0n) is 5.06. The van der Waals surface area contributed by atoms with Gasteiger partial charge in [-0.25, -0.2) is 0 Å². The van der Waals surface area contributed by atoms with E-state index < -0.39 is 4.92 Å². The third-order valence-electron chi connectivity index (χ3n) is 1.56. The Balaban J connectivity index is 2.23. The summed E-state index contributed by atoms with van der Waals surface area (Å²) in [5.41, 5.74) is 0.138. The standard InChI is InChI=1S/C6H5NO3/c8-7(9)4-1-2-5-6(3-4)10-5/h1-3,5-6H. The van der Waals surface area contributed by atoms with Gasteiger partial charge in [0, 0.05) is 12.2 Å². The van der Waals surface area contributed by atoms with Gasteiger partial charge in [-0.05, 0) is 6.08 Å². The molecule has 2 aliphatic rings. The lowest BCUT2D eigenvalue weighted by molar-refractivity contribution is -0.419. The van der Waals surface area contributed by atoms with Gasteiger partial charge in [0.25, 0.3) is 5.70 Å². The molecule has 1 heterocycles. The molecule has 0 amide bonds. The van der Waals surface area contributed by atoms with Gasteiger partial charge in [-0.15, -0.1) is 0 Å². The fourth-order valence-electron chi connectivity index (χ4n) is 0.964. The average Bonchev–Trinajstić information content (AvgIpc) is 2.63. The van der Waals surface area contributed by atoms with E-state index in [9.17, 15) is 10.1 Å². The first-order valence-electron chi connectivity index (χ1n) is 2.97. The third-order valence-corrected chi connectivity index (χ3v) is 1.56. The van der Waals surface area contributed by atoms with E-state index in [0.29, 0.717) is 0 Å². The molecule has 0 spiro atoms. The van der Waals surface area contributed by atoms with Gasteiger partial charge < -0.3 is 4.74 Å². The van der Waals surface area contributed by atoms with Gasteiger partial charge in [-0.2, -0.15) is 0 Å². The zero-order valence-corrected chi connectivity index (χ0v) is 5.06. The highest BCUT2D eigenvalue weighted by molar-refractivity contribution is 5.27. The van der Waals surface area contributed by atoms with Gasteiger partial charge in [0.15, 0.2) is 0 Å². The lowest BCUT2D eigenvalue weighted by Gasteiger charge is -1.91. The third kappa shape index (κ3) is 0.733. The summed E-state index contributed by atoms with van der Waals surface area (Å²) in [5, 5.41) is 10.1. The number of nitro groups is 1.